The first-order chi connectivity index (χ1) is 23.4. The quantitative estimate of drug-likeness (QED) is 0.127. The fraction of sp³-hybridized carbons (Fsp3) is 0.316. The Hall–Kier alpha value is -4.52. The molecule has 0 saturated heterocycles. The normalized spacial score (nSPS) is 12.5. The van der Waals surface area contributed by atoms with Crippen LogP contribution in [-0.2, 0) is 32.8 Å². The summed E-state index contributed by atoms with van der Waals surface area (Å²) in [6, 6.07) is 29.0. The molecule has 0 amide bonds. The van der Waals surface area contributed by atoms with E-state index in [0.717, 1.165) is 5.69 Å². The molecule has 0 aromatic heterocycles. The van der Waals surface area contributed by atoms with Gasteiger partial charge in [-0.15, -0.1) is 0 Å². The van der Waals surface area contributed by atoms with Crippen LogP contribution in [0.4, 0.5) is 5.69 Å². The average Bonchev–Trinajstić information content (AvgIpc) is 3.05. The monoisotopic (exact) mass is 723 g/mol. The molecule has 12 heteroatoms. The van der Waals surface area contributed by atoms with E-state index < -0.39 is 43.6 Å². The predicted molar refractivity (Wildman–Crippen MR) is 193 cm³/mol. The summed E-state index contributed by atoms with van der Waals surface area (Å²) in [5, 5.41) is 0. The Morgan fingerprint density at radius 1 is 0.580 bits per heavy atom. The van der Waals surface area contributed by atoms with Crippen LogP contribution in [0, 0.1) is 0 Å². The van der Waals surface area contributed by atoms with Crippen molar-refractivity contribution in [1.29, 1.82) is 0 Å². The molecule has 0 saturated carbocycles. The van der Waals surface area contributed by atoms with Gasteiger partial charge in [-0.05, 0) is 131 Å². The number of carbonyl (C=O) groups is 2. The smallest absolute Gasteiger partial charge is 0.344 e. The van der Waals surface area contributed by atoms with E-state index in [9.17, 15) is 18.0 Å². The maximum absolute atomic E-state index is 14.1. The molecule has 4 rings (SSSR count). The zero-order valence-corrected chi connectivity index (χ0v) is 31.3. The maximum Gasteiger partial charge on any atom is 0.344 e. The van der Waals surface area contributed by atoms with Gasteiger partial charge in [0.05, 0.1) is 4.90 Å². The van der Waals surface area contributed by atoms with Crippen LogP contribution in [0.1, 0.15) is 41.5 Å². The number of hydrogen-bond donors (Lipinski definition) is 0. The maximum atomic E-state index is 14.1. The topological polar surface area (TPSA) is 118 Å². The van der Waals surface area contributed by atoms with Gasteiger partial charge in [0, 0.05) is 34.5 Å². The SMILES string of the molecule is CN(C)c1cccc(S(OS(=O)(=O)c2ccccc2)(c2ccc(OCC(=O)OC(C)(C)C)cc2)c2ccc(OCC(=O)OC(C)(C)C)cc2)c1. The third-order valence-electron chi connectivity index (χ3n) is 6.75. The highest BCUT2D eigenvalue weighted by atomic mass is 32.3. The molecular weight excluding hydrogens is 679 g/mol. The molecule has 268 valence electrons. The molecule has 0 heterocycles. The molecule has 10 nitrogen and oxygen atoms in total. The summed E-state index contributed by atoms with van der Waals surface area (Å²) < 4.78 is 56.9. The largest absolute Gasteiger partial charge is 0.482 e. The summed E-state index contributed by atoms with van der Waals surface area (Å²) >= 11 is 0. The average molecular weight is 724 g/mol. The van der Waals surface area contributed by atoms with Crippen molar-refractivity contribution in [2.75, 3.05) is 32.2 Å². The van der Waals surface area contributed by atoms with Gasteiger partial charge in [-0.3, -0.25) is 0 Å². The number of esters is 2. The van der Waals surface area contributed by atoms with Crippen molar-refractivity contribution in [1.82, 2.24) is 0 Å². The van der Waals surface area contributed by atoms with Gasteiger partial charge >= 0.3 is 22.1 Å². The summed E-state index contributed by atoms with van der Waals surface area (Å²) in [4.78, 5) is 28.2. The van der Waals surface area contributed by atoms with Crippen molar-refractivity contribution < 1.29 is 40.6 Å². The molecule has 0 aliphatic rings. The molecular formula is C38H45NO9S2. The Morgan fingerprint density at radius 2 is 1.02 bits per heavy atom. The lowest BCUT2D eigenvalue weighted by molar-refractivity contribution is -0.158. The number of ether oxygens (including phenoxy) is 4. The molecule has 0 aliphatic carbocycles. The Bertz CT molecular complexity index is 1790. The summed E-state index contributed by atoms with van der Waals surface area (Å²) in [7, 11) is -3.61. The molecule has 0 bridgehead atoms. The Morgan fingerprint density at radius 3 is 1.44 bits per heavy atom. The van der Waals surface area contributed by atoms with Crippen LogP contribution in [0.15, 0.2) is 123 Å². The third-order valence-corrected chi connectivity index (χ3v) is 11.9. The van der Waals surface area contributed by atoms with Gasteiger partial charge in [-0.1, -0.05) is 24.3 Å². The Labute approximate surface area is 296 Å². The van der Waals surface area contributed by atoms with Crippen LogP contribution >= 0.6 is 10.3 Å². The second kappa shape index (κ2) is 15.6. The van der Waals surface area contributed by atoms with E-state index in [1.54, 1.807) is 108 Å². The summed E-state index contributed by atoms with van der Waals surface area (Å²) in [5.41, 5.74) is -0.492. The van der Waals surface area contributed by atoms with E-state index in [4.69, 9.17) is 22.6 Å². The Balaban J connectivity index is 1.84. The zero-order chi connectivity index (χ0) is 36.7. The van der Waals surface area contributed by atoms with E-state index in [0.29, 0.717) is 26.2 Å². The first-order valence-corrected chi connectivity index (χ1v) is 18.9. The highest BCUT2D eigenvalue weighted by Gasteiger charge is 2.39. The standard InChI is InChI=1S/C38H45NO9S2/c1-37(2,3)46-35(40)26-44-29-17-21-31(22-18-29)49(34-16-12-13-28(25-34)39(7)8,48-50(42,43)33-14-10-9-11-15-33)32-23-19-30(20-24-32)45-27-36(41)47-38(4,5)6/h9-25H,26-27H2,1-8H3. The lowest BCUT2D eigenvalue weighted by atomic mass is 10.2. The van der Waals surface area contributed by atoms with Crippen molar-refractivity contribution in [3.8, 4) is 11.5 Å². The second-order valence-corrected chi connectivity index (χ2v) is 17.9. The number of rotatable bonds is 13. The van der Waals surface area contributed by atoms with E-state index in [2.05, 4.69) is 0 Å². The lowest BCUT2D eigenvalue weighted by Gasteiger charge is -2.40. The van der Waals surface area contributed by atoms with Crippen LogP contribution in [0.2, 0.25) is 0 Å². The predicted octanol–water partition coefficient (Wildman–Crippen LogP) is 7.80. The minimum absolute atomic E-state index is 0.00438. The first kappa shape index (κ1) is 38.3. The van der Waals surface area contributed by atoms with Gasteiger partial charge in [0.1, 0.15) is 22.7 Å². The molecule has 0 aliphatic heterocycles. The van der Waals surface area contributed by atoms with E-state index in [1.807, 2.05) is 43.3 Å². The van der Waals surface area contributed by atoms with Crippen molar-refractivity contribution in [2.24, 2.45) is 0 Å². The molecule has 0 spiro atoms. The van der Waals surface area contributed by atoms with Gasteiger partial charge in [-0.2, -0.15) is 8.42 Å². The molecule has 4 aromatic carbocycles. The summed E-state index contributed by atoms with van der Waals surface area (Å²) in [5.74, 6) is -0.278. The molecule has 0 radical (unpaired) electrons. The van der Waals surface area contributed by atoms with E-state index in [-0.39, 0.29) is 18.1 Å². The van der Waals surface area contributed by atoms with Gasteiger partial charge in [-0.25, -0.2) is 13.2 Å². The lowest BCUT2D eigenvalue weighted by Crippen LogP contribution is -2.27. The molecule has 0 unspecified atom stereocenters. The number of anilines is 1. The van der Waals surface area contributed by atoms with E-state index in [1.165, 1.54) is 12.1 Å². The molecule has 0 atom stereocenters. The van der Waals surface area contributed by atoms with Crippen molar-refractivity contribution >= 4 is 38.1 Å². The van der Waals surface area contributed by atoms with Gasteiger partial charge in [0.25, 0.3) is 0 Å². The number of carbonyl (C=O) groups excluding carboxylic acids is 2. The fourth-order valence-corrected chi connectivity index (χ4v) is 9.94. The third kappa shape index (κ3) is 10.3. The van der Waals surface area contributed by atoms with Gasteiger partial charge in [0.2, 0.25) is 0 Å². The van der Waals surface area contributed by atoms with Crippen LogP contribution in [0.3, 0.4) is 0 Å². The highest BCUT2D eigenvalue weighted by molar-refractivity contribution is 8.33. The van der Waals surface area contributed by atoms with Crippen LogP contribution < -0.4 is 14.4 Å². The summed E-state index contributed by atoms with van der Waals surface area (Å²) in [6.07, 6.45) is 0. The van der Waals surface area contributed by atoms with Gasteiger partial charge in [0.15, 0.2) is 13.2 Å². The van der Waals surface area contributed by atoms with Crippen LogP contribution in [0.25, 0.3) is 0 Å². The number of benzene rings is 4. The highest BCUT2D eigenvalue weighted by Crippen LogP contribution is 2.70. The van der Waals surface area contributed by atoms with Crippen LogP contribution in [-0.4, -0.2) is 58.9 Å². The number of hydrogen-bond acceptors (Lipinski definition) is 10. The molecule has 50 heavy (non-hydrogen) atoms. The molecule has 0 N–H and O–H groups in total. The molecule has 0 fully saturated rings. The van der Waals surface area contributed by atoms with E-state index >= 15 is 0 Å². The second-order valence-electron chi connectivity index (χ2n) is 13.5. The van der Waals surface area contributed by atoms with Crippen molar-refractivity contribution in [3.63, 3.8) is 0 Å². The van der Waals surface area contributed by atoms with Gasteiger partial charge < -0.3 is 23.8 Å². The fourth-order valence-electron chi connectivity index (χ4n) is 4.71. The first-order valence-electron chi connectivity index (χ1n) is 15.9. The number of nitrogens with zero attached hydrogens (tertiary/aromatic N) is 1. The minimum Gasteiger partial charge on any atom is -0.482 e. The molecule has 4 aromatic rings. The zero-order valence-electron chi connectivity index (χ0n) is 29.7. The minimum atomic E-state index is -4.35. The Kier molecular flexibility index (Phi) is 11.9. The van der Waals surface area contributed by atoms with Crippen molar-refractivity contribution in [2.45, 2.75) is 72.3 Å². The van der Waals surface area contributed by atoms with Crippen molar-refractivity contribution in [3.05, 3.63) is 103 Å². The summed E-state index contributed by atoms with van der Waals surface area (Å²) in [6.45, 7) is 10.0. The van der Waals surface area contributed by atoms with Crippen LogP contribution in [0.5, 0.6) is 11.5 Å².